The number of methoxy groups -OCH3 is 1. The molecule has 1 aromatic heterocycles. The molecule has 28 heavy (non-hydrogen) atoms. The van der Waals surface area contributed by atoms with E-state index in [1.807, 2.05) is 41.1 Å². The Hall–Kier alpha value is -2.99. The Bertz CT molecular complexity index is 1080. The number of ether oxygens (including phenoxy) is 1. The second-order valence-corrected chi connectivity index (χ2v) is 7.05. The third-order valence-corrected chi connectivity index (χ3v) is 5.44. The second-order valence-electron chi connectivity index (χ2n) is 6.49. The topological polar surface area (TPSA) is 58.0 Å². The van der Waals surface area contributed by atoms with Crippen LogP contribution in [0, 0.1) is 0 Å². The van der Waals surface area contributed by atoms with Gasteiger partial charge >= 0.3 is 0 Å². The number of para-hydroxylation sites is 1. The molecular formula is C22H21BrN4O. The molecule has 142 valence electrons. The number of alkyl halides is 1. The van der Waals surface area contributed by atoms with Gasteiger partial charge in [-0.05, 0) is 22.8 Å². The summed E-state index contributed by atoms with van der Waals surface area (Å²) in [7, 11) is 1.68. The molecule has 2 N–H and O–H groups in total. The van der Waals surface area contributed by atoms with E-state index in [1.165, 1.54) is 10.5 Å². The Kier molecular flexibility index (Phi) is 5.21. The summed E-state index contributed by atoms with van der Waals surface area (Å²) in [5, 5.41) is 5.29. The lowest BCUT2D eigenvalue weighted by Crippen LogP contribution is -2.35. The molecule has 0 amide bonds. The minimum atomic E-state index is 0.580. The third kappa shape index (κ3) is 3.43. The number of hydrogen-bond acceptors (Lipinski definition) is 3. The molecule has 4 aromatic rings. The molecule has 0 saturated carbocycles. The molecule has 4 rings (SSSR count). The number of nitrogens with zero attached hydrogens (tertiary/aromatic N) is 3. The molecule has 0 aliphatic carbocycles. The SMILES string of the molecule is COc1ccccc1Cn1c(-c2ccccc2-c2ccc(CBr)cc2)nn1N. The zero-order valence-electron chi connectivity index (χ0n) is 15.5. The monoisotopic (exact) mass is 436 g/mol. The van der Waals surface area contributed by atoms with Crippen molar-refractivity contribution in [2.75, 3.05) is 13.0 Å². The molecule has 0 saturated heterocycles. The van der Waals surface area contributed by atoms with E-state index < -0.39 is 0 Å². The minimum absolute atomic E-state index is 0.580. The maximum absolute atomic E-state index is 6.04. The summed E-state index contributed by atoms with van der Waals surface area (Å²) in [6, 6.07) is 24.7. The largest absolute Gasteiger partial charge is 0.496 e. The number of nitrogen functional groups attached to an aromatic ring is 1. The first kappa shape index (κ1) is 18.4. The fourth-order valence-corrected chi connectivity index (χ4v) is 3.67. The van der Waals surface area contributed by atoms with Crippen LogP contribution in [0.5, 0.6) is 5.75 Å². The molecule has 5 nitrogen and oxygen atoms in total. The van der Waals surface area contributed by atoms with Crippen LogP contribution in [-0.4, -0.2) is 21.8 Å². The van der Waals surface area contributed by atoms with Crippen molar-refractivity contribution in [2.24, 2.45) is 0 Å². The standard InChI is InChI=1S/C22H21BrN4O/c1-28-21-9-5-2-6-18(21)15-26-22(25-27(26)24)20-8-4-3-7-19(20)17-12-10-16(14-23)11-13-17/h2-13H,14-15,24H2,1H3. The van der Waals surface area contributed by atoms with Crippen molar-refractivity contribution in [1.82, 2.24) is 14.7 Å². The molecule has 0 aliphatic rings. The molecule has 1 heterocycles. The van der Waals surface area contributed by atoms with E-state index >= 15 is 0 Å². The number of rotatable bonds is 6. The second kappa shape index (κ2) is 7.94. The van der Waals surface area contributed by atoms with Crippen molar-refractivity contribution in [3.63, 3.8) is 0 Å². The van der Waals surface area contributed by atoms with Gasteiger partial charge in [-0.25, -0.2) is 4.68 Å². The van der Waals surface area contributed by atoms with E-state index in [2.05, 4.69) is 57.4 Å². The van der Waals surface area contributed by atoms with Crippen LogP contribution >= 0.6 is 15.9 Å². The van der Waals surface area contributed by atoms with Crippen molar-refractivity contribution in [3.05, 3.63) is 83.9 Å². The average molecular weight is 437 g/mol. The summed E-state index contributed by atoms with van der Waals surface area (Å²) in [4.78, 5) is 1.38. The van der Waals surface area contributed by atoms with Crippen LogP contribution in [0.4, 0.5) is 0 Å². The van der Waals surface area contributed by atoms with Gasteiger partial charge in [-0.2, -0.15) is 0 Å². The average Bonchev–Trinajstić information content (AvgIpc) is 2.76. The number of hydrogen-bond donors (Lipinski definition) is 1. The predicted octanol–water partition coefficient (Wildman–Crippen LogP) is 4.68. The Morgan fingerprint density at radius 1 is 0.929 bits per heavy atom. The smallest absolute Gasteiger partial charge is 0.182 e. The van der Waals surface area contributed by atoms with Gasteiger partial charge in [0, 0.05) is 16.5 Å². The van der Waals surface area contributed by atoms with Crippen LogP contribution in [0.2, 0.25) is 0 Å². The highest BCUT2D eigenvalue weighted by atomic mass is 79.9. The lowest BCUT2D eigenvalue weighted by Gasteiger charge is -2.23. The van der Waals surface area contributed by atoms with E-state index in [1.54, 1.807) is 7.11 Å². The molecule has 0 spiro atoms. The van der Waals surface area contributed by atoms with E-state index in [9.17, 15) is 0 Å². The van der Waals surface area contributed by atoms with E-state index in [-0.39, 0.29) is 0 Å². The summed E-state index contributed by atoms with van der Waals surface area (Å²) >= 11 is 3.50. The van der Waals surface area contributed by atoms with Gasteiger partial charge in [-0.15, -0.1) is 10.0 Å². The maximum atomic E-state index is 6.04. The van der Waals surface area contributed by atoms with Crippen molar-refractivity contribution < 1.29 is 4.74 Å². The van der Waals surface area contributed by atoms with Gasteiger partial charge in [-0.3, -0.25) is 0 Å². The zero-order chi connectivity index (χ0) is 19.5. The Balaban J connectivity index is 1.73. The Labute approximate surface area is 172 Å². The molecule has 0 unspecified atom stereocenters. The lowest BCUT2D eigenvalue weighted by atomic mass is 9.98. The van der Waals surface area contributed by atoms with Crippen LogP contribution in [0.3, 0.4) is 0 Å². The molecule has 0 fully saturated rings. The molecule has 0 radical (unpaired) electrons. The highest BCUT2D eigenvalue weighted by Gasteiger charge is 2.19. The van der Waals surface area contributed by atoms with Gasteiger partial charge in [0.1, 0.15) is 5.75 Å². The lowest BCUT2D eigenvalue weighted by molar-refractivity contribution is 0.393. The first-order valence-corrected chi connectivity index (χ1v) is 10.1. The highest BCUT2D eigenvalue weighted by molar-refractivity contribution is 9.08. The van der Waals surface area contributed by atoms with E-state index in [0.717, 1.165) is 39.2 Å². The molecule has 0 atom stereocenters. The van der Waals surface area contributed by atoms with E-state index in [4.69, 9.17) is 10.6 Å². The molecule has 0 bridgehead atoms. The minimum Gasteiger partial charge on any atom is -0.496 e. The summed E-state index contributed by atoms with van der Waals surface area (Å²) in [5.74, 6) is 7.72. The van der Waals surface area contributed by atoms with Gasteiger partial charge in [-0.1, -0.05) is 82.7 Å². The molecule has 6 heteroatoms. The third-order valence-electron chi connectivity index (χ3n) is 4.79. The van der Waals surface area contributed by atoms with Crippen LogP contribution in [-0.2, 0) is 11.9 Å². The van der Waals surface area contributed by atoms with Crippen molar-refractivity contribution in [3.8, 4) is 28.3 Å². The first-order valence-electron chi connectivity index (χ1n) is 8.98. The number of benzene rings is 3. The van der Waals surface area contributed by atoms with Gasteiger partial charge in [0.25, 0.3) is 0 Å². The summed E-state index contributed by atoms with van der Waals surface area (Å²) in [5.41, 5.74) is 5.61. The summed E-state index contributed by atoms with van der Waals surface area (Å²) < 4.78 is 7.42. The van der Waals surface area contributed by atoms with Crippen molar-refractivity contribution >= 4 is 15.9 Å². The van der Waals surface area contributed by atoms with Gasteiger partial charge in [0.05, 0.1) is 13.7 Å². The fraction of sp³-hybridized carbons (Fsp3) is 0.136. The molecule has 3 aromatic carbocycles. The predicted molar refractivity (Wildman–Crippen MR) is 116 cm³/mol. The van der Waals surface area contributed by atoms with Crippen LogP contribution in [0.15, 0.2) is 72.8 Å². The summed E-state index contributed by atoms with van der Waals surface area (Å²) in [6.45, 7) is 0.580. The summed E-state index contributed by atoms with van der Waals surface area (Å²) in [6.07, 6.45) is 0. The van der Waals surface area contributed by atoms with Crippen LogP contribution < -0.4 is 10.6 Å². The van der Waals surface area contributed by atoms with Crippen molar-refractivity contribution in [1.29, 1.82) is 0 Å². The Morgan fingerprint density at radius 3 is 2.29 bits per heavy atom. The fourth-order valence-electron chi connectivity index (χ4n) is 3.30. The van der Waals surface area contributed by atoms with E-state index in [0.29, 0.717) is 6.54 Å². The van der Waals surface area contributed by atoms with Gasteiger partial charge in [0.15, 0.2) is 5.82 Å². The number of nitrogens with two attached hydrogens (primary N) is 1. The maximum Gasteiger partial charge on any atom is 0.182 e. The molecule has 0 aliphatic heterocycles. The quantitative estimate of drug-likeness (QED) is 0.352. The zero-order valence-corrected chi connectivity index (χ0v) is 17.1. The first-order chi connectivity index (χ1) is 13.7. The normalized spacial score (nSPS) is 10.9. The molecular weight excluding hydrogens is 416 g/mol. The highest BCUT2D eigenvalue weighted by Crippen LogP contribution is 2.32. The van der Waals surface area contributed by atoms with Gasteiger partial charge in [0.2, 0.25) is 0 Å². The number of aromatic nitrogens is 3. The van der Waals surface area contributed by atoms with Crippen LogP contribution in [0.25, 0.3) is 22.5 Å². The van der Waals surface area contributed by atoms with Gasteiger partial charge < -0.3 is 10.6 Å². The Morgan fingerprint density at radius 2 is 1.61 bits per heavy atom. The number of halogens is 1. The van der Waals surface area contributed by atoms with Crippen molar-refractivity contribution in [2.45, 2.75) is 11.9 Å². The van der Waals surface area contributed by atoms with Crippen LogP contribution in [0.1, 0.15) is 11.1 Å².